The van der Waals surface area contributed by atoms with Crippen molar-refractivity contribution in [3.8, 4) is 0 Å². The van der Waals surface area contributed by atoms with Crippen molar-refractivity contribution in [2.75, 3.05) is 46.3 Å². The van der Waals surface area contributed by atoms with Crippen molar-refractivity contribution in [2.24, 2.45) is 4.99 Å². The number of hydrogen-bond acceptors (Lipinski definition) is 5. The molecule has 1 saturated heterocycles. The van der Waals surface area contributed by atoms with Crippen LogP contribution in [0.2, 0.25) is 0 Å². The van der Waals surface area contributed by atoms with Crippen LogP contribution in [0.5, 0.6) is 0 Å². The highest BCUT2D eigenvalue weighted by Gasteiger charge is 2.16. The molecule has 0 bridgehead atoms. The van der Waals surface area contributed by atoms with E-state index in [4.69, 9.17) is 0 Å². The Bertz CT molecular complexity index is 950. The third-order valence-electron chi connectivity index (χ3n) is 5.46. The quantitative estimate of drug-likeness (QED) is 0.274. The van der Waals surface area contributed by atoms with Crippen LogP contribution >= 0.6 is 24.0 Å². The molecule has 4 rings (SSSR count). The topological polar surface area (TPSA) is 73.1 Å². The van der Waals surface area contributed by atoms with Crippen LogP contribution in [0.4, 0.5) is 0 Å². The number of aromatic nitrogens is 3. The Morgan fingerprint density at radius 3 is 2.45 bits per heavy atom. The van der Waals surface area contributed by atoms with Gasteiger partial charge in [-0.1, -0.05) is 36.4 Å². The third kappa shape index (κ3) is 6.62. The zero-order valence-corrected chi connectivity index (χ0v) is 20.3. The molecule has 3 aromatic rings. The van der Waals surface area contributed by atoms with Crippen molar-refractivity contribution in [3.63, 3.8) is 0 Å². The van der Waals surface area contributed by atoms with Gasteiger partial charge < -0.3 is 10.6 Å². The number of halogens is 1. The first-order chi connectivity index (χ1) is 14.8. The molecule has 0 radical (unpaired) electrons. The minimum Gasteiger partial charge on any atom is -0.355 e. The van der Waals surface area contributed by atoms with E-state index in [1.165, 1.54) is 5.56 Å². The van der Waals surface area contributed by atoms with Gasteiger partial charge in [0, 0.05) is 59.1 Å². The predicted octanol–water partition coefficient (Wildman–Crippen LogP) is 1.83. The number of aliphatic imine (C=N–C) groups is 1. The van der Waals surface area contributed by atoms with Crippen LogP contribution in [-0.2, 0) is 13.1 Å². The average Bonchev–Trinajstić information content (AvgIpc) is 3.21. The van der Waals surface area contributed by atoms with Crippen LogP contribution in [0.15, 0.2) is 59.7 Å². The maximum atomic E-state index is 4.32. The van der Waals surface area contributed by atoms with Crippen LogP contribution in [-0.4, -0.2) is 76.7 Å². The summed E-state index contributed by atoms with van der Waals surface area (Å²) >= 11 is 0. The Hall–Kier alpha value is -2.24. The Morgan fingerprint density at radius 2 is 1.68 bits per heavy atom. The molecule has 0 amide bonds. The number of rotatable bonds is 7. The second-order valence-corrected chi connectivity index (χ2v) is 7.50. The van der Waals surface area contributed by atoms with Crippen LogP contribution < -0.4 is 10.6 Å². The van der Waals surface area contributed by atoms with E-state index in [-0.39, 0.29) is 24.0 Å². The van der Waals surface area contributed by atoms with Crippen LogP contribution in [0.1, 0.15) is 11.4 Å². The molecule has 2 aromatic heterocycles. The summed E-state index contributed by atoms with van der Waals surface area (Å²) in [6.07, 6.45) is 1.97. The minimum absolute atomic E-state index is 0. The van der Waals surface area contributed by atoms with Crippen molar-refractivity contribution < 1.29 is 0 Å². The molecule has 0 aliphatic carbocycles. The lowest BCUT2D eigenvalue weighted by Gasteiger charge is -2.34. The summed E-state index contributed by atoms with van der Waals surface area (Å²) in [5.74, 6) is 1.65. The van der Waals surface area contributed by atoms with Gasteiger partial charge in [-0.05, 0) is 17.7 Å². The number of nitrogens with zero attached hydrogens (tertiary/aromatic N) is 6. The molecule has 1 aromatic carbocycles. The van der Waals surface area contributed by atoms with Crippen molar-refractivity contribution in [2.45, 2.75) is 13.1 Å². The van der Waals surface area contributed by atoms with E-state index >= 15 is 0 Å². The molecule has 0 atom stereocenters. The lowest BCUT2D eigenvalue weighted by atomic mass is 10.2. The number of fused-ring (bicyclic) bond motifs is 1. The fourth-order valence-electron chi connectivity index (χ4n) is 3.74. The number of nitrogens with one attached hydrogen (secondary N) is 2. The molecular formula is C22H31IN8. The summed E-state index contributed by atoms with van der Waals surface area (Å²) in [4.78, 5) is 9.36. The Kier molecular flexibility index (Phi) is 9.04. The van der Waals surface area contributed by atoms with Gasteiger partial charge in [0.2, 0.25) is 0 Å². The van der Waals surface area contributed by atoms with Gasteiger partial charge >= 0.3 is 0 Å². The zero-order valence-electron chi connectivity index (χ0n) is 17.9. The van der Waals surface area contributed by atoms with Gasteiger partial charge in [-0.3, -0.25) is 19.2 Å². The molecule has 0 unspecified atom stereocenters. The first kappa shape index (κ1) is 23.4. The van der Waals surface area contributed by atoms with Gasteiger partial charge in [-0.15, -0.1) is 34.2 Å². The lowest BCUT2D eigenvalue weighted by Crippen LogP contribution is -2.48. The lowest BCUT2D eigenvalue weighted by molar-refractivity contribution is 0.129. The largest absolute Gasteiger partial charge is 0.355 e. The second kappa shape index (κ2) is 12.0. The molecule has 1 aliphatic heterocycles. The maximum absolute atomic E-state index is 4.32. The van der Waals surface area contributed by atoms with Gasteiger partial charge in [0.05, 0.1) is 6.54 Å². The Labute approximate surface area is 200 Å². The fourth-order valence-corrected chi connectivity index (χ4v) is 3.74. The van der Waals surface area contributed by atoms with E-state index in [0.717, 1.165) is 63.2 Å². The molecule has 31 heavy (non-hydrogen) atoms. The molecule has 8 nitrogen and oxygen atoms in total. The standard InChI is InChI=1S/C22H30N8.HI/c1-23-22(25-17-21-27-26-20-9-5-6-11-30(20)21)24-10-12-28-13-15-29(16-14-28)18-19-7-3-2-4-8-19;/h2-9,11H,10,12-18H2,1H3,(H2,23,24,25);1H. The molecule has 166 valence electrons. The van der Waals surface area contributed by atoms with E-state index in [2.05, 4.69) is 66.0 Å². The number of piperazine rings is 1. The highest BCUT2D eigenvalue weighted by molar-refractivity contribution is 14.0. The molecule has 9 heteroatoms. The van der Waals surface area contributed by atoms with E-state index in [1.807, 2.05) is 28.8 Å². The second-order valence-electron chi connectivity index (χ2n) is 7.50. The van der Waals surface area contributed by atoms with Gasteiger partial charge in [0.1, 0.15) is 0 Å². The van der Waals surface area contributed by atoms with Crippen molar-refractivity contribution in [1.29, 1.82) is 0 Å². The van der Waals surface area contributed by atoms with Gasteiger partial charge in [0.15, 0.2) is 17.4 Å². The predicted molar refractivity (Wildman–Crippen MR) is 135 cm³/mol. The smallest absolute Gasteiger partial charge is 0.191 e. The number of guanidine groups is 1. The van der Waals surface area contributed by atoms with E-state index in [9.17, 15) is 0 Å². The highest BCUT2D eigenvalue weighted by Crippen LogP contribution is 2.08. The fraction of sp³-hybridized carbons (Fsp3) is 0.409. The molecule has 3 heterocycles. The van der Waals surface area contributed by atoms with E-state index in [0.29, 0.717) is 6.54 Å². The molecule has 0 spiro atoms. The molecule has 1 fully saturated rings. The van der Waals surface area contributed by atoms with Crippen molar-refractivity contribution in [3.05, 3.63) is 66.1 Å². The highest BCUT2D eigenvalue weighted by atomic mass is 127. The monoisotopic (exact) mass is 534 g/mol. The maximum Gasteiger partial charge on any atom is 0.191 e. The third-order valence-corrected chi connectivity index (χ3v) is 5.46. The zero-order chi connectivity index (χ0) is 20.6. The van der Waals surface area contributed by atoms with E-state index < -0.39 is 0 Å². The Balaban J connectivity index is 0.00000272. The van der Waals surface area contributed by atoms with Crippen molar-refractivity contribution in [1.82, 2.24) is 35.0 Å². The molecular weight excluding hydrogens is 503 g/mol. The van der Waals surface area contributed by atoms with Crippen LogP contribution in [0, 0.1) is 0 Å². The van der Waals surface area contributed by atoms with Crippen molar-refractivity contribution >= 4 is 35.6 Å². The minimum atomic E-state index is 0. The Morgan fingerprint density at radius 1 is 0.935 bits per heavy atom. The first-order valence-corrected chi connectivity index (χ1v) is 10.5. The van der Waals surface area contributed by atoms with E-state index in [1.54, 1.807) is 7.05 Å². The molecule has 2 N–H and O–H groups in total. The molecule has 1 aliphatic rings. The summed E-state index contributed by atoms with van der Waals surface area (Å²) in [6.45, 7) is 7.92. The number of benzene rings is 1. The number of hydrogen-bond donors (Lipinski definition) is 2. The number of pyridine rings is 1. The summed E-state index contributed by atoms with van der Waals surface area (Å²) < 4.78 is 1.98. The van der Waals surface area contributed by atoms with Gasteiger partial charge in [-0.2, -0.15) is 0 Å². The first-order valence-electron chi connectivity index (χ1n) is 10.5. The average molecular weight is 534 g/mol. The normalized spacial score (nSPS) is 15.6. The summed E-state index contributed by atoms with van der Waals surface area (Å²) in [5.41, 5.74) is 2.24. The summed E-state index contributed by atoms with van der Waals surface area (Å²) in [6, 6.07) is 16.6. The van der Waals surface area contributed by atoms with Gasteiger partial charge in [0.25, 0.3) is 0 Å². The summed E-state index contributed by atoms with van der Waals surface area (Å²) in [7, 11) is 1.79. The molecule has 0 saturated carbocycles. The SMILES string of the molecule is CN=C(NCCN1CCN(Cc2ccccc2)CC1)NCc1nnc2ccccn12.I. The van der Waals surface area contributed by atoms with Crippen LogP contribution in [0.25, 0.3) is 5.65 Å². The van der Waals surface area contributed by atoms with Gasteiger partial charge in [-0.25, -0.2) is 0 Å². The summed E-state index contributed by atoms with van der Waals surface area (Å²) in [5, 5.41) is 15.2. The van der Waals surface area contributed by atoms with Crippen LogP contribution in [0.3, 0.4) is 0 Å².